The molecule has 0 amide bonds. The SMILES string of the molecule is CC(C(=O)[OH2+])C(C)c1cnc[nH]1. The average molecular weight is 169 g/mol. The summed E-state index contributed by atoms with van der Waals surface area (Å²) in [4.78, 5) is 17.5. The molecule has 1 rings (SSSR count). The summed E-state index contributed by atoms with van der Waals surface area (Å²) in [6.45, 7) is 3.66. The first-order chi connectivity index (χ1) is 5.63. The first-order valence-electron chi connectivity index (χ1n) is 3.86. The van der Waals surface area contributed by atoms with Crippen LogP contribution in [-0.2, 0) is 4.79 Å². The van der Waals surface area contributed by atoms with E-state index in [1.165, 1.54) is 0 Å². The van der Waals surface area contributed by atoms with Crippen molar-refractivity contribution >= 4 is 5.97 Å². The molecule has 0 radical (unpaired) electrons. The summed E-state index contributed by atoms with van der Waals surface area (Å²) in [7, 11) is 0. The van der Waals surface area contributed by atoms with Crippen LogP contribution in [-0.4, -0.2) is 21.0 Å². The number of carbonyl (C=O) groups excluding carboxylic acids is 1. The van der Waals surface area contributed by atoms with Gasteiger partial charge in [0, 0.05) is 22.6 Å². The van der Waals surface area contributed by atoms with Crippen LogP contribution in [0, 0.1) is 5.92 Å². The summed E-state index contributed by atoms with van der Waals surface area (Å²) in [5.74, 6) is -0.764. The Morgan fingerprint density at radius 2 is 2.33 bits per heavy atom. The lowest BCUT2D eigenvalue weighted by Crippen LogP contribution is -2.16. The van der Waals surface area contributed by atoms with Gasteiger partial charge in [-0.15, -0.1) is 0 Å². The van der Waals surface area contributed by atoms with E-state index in [4.69, 9.17) is 5.11 Å². The number of aromatic amines is 1. The molecule has 0 bridgehead atoms. The normalized spacial score (nSPS) is 15.5. The highest BCUT2D eigenvalue weighted by molar-refractivity contribution is 5.70. The third-order valence-electron chi connectivity index (χ3n) is 2.17. The summed E-state index contributed by atoms with van der Waals surface area (Å²) >= 11 is 0. The third kappa shape index (κ3) is 1.64. The summed E-state index contributed by atoms with van der Waals surface area (Å²) in [5.41, 5.74) is 0.906. The highest BCUT2D eigenvalue weighted by atomic mass is 16.4. The maximum absolute atomic E-state index is 10.7. The number of aromatic nitrogens is 2. The van der Waals surface area contributed by atoms with Crippen LogP contribution >= 0.6 is 0 Å². The van der Waals surface area contributed by atoms with Gasteiger partial charge in [-0.3, -0.25) is 0 Å². The zero-order valence-electron chi connectivity index (χ0n) is 7.16. The Labute approximate surface area is 70.6 Å². The molecule has 0 spiro atoms. The average Bonchev–Trinajstić information content (AvgIpc) is 2.53. The molecule has 0 aliphatic carbocycles. The fourth-order valence-corrected chi connectivity index (χ4v) is 1.01. The zero-order valence-corrected chi connectivity index (χ0v) is 7.16. The molecule has 1 heterocycles. The molecule has 12 heavy (non-hydrogen) atoms. The Morgan fingerprint density at radius 1 is 1.67 bits per heavy atom. The van der Waals surface area contributed by atoms with Crippen molar-refractivity contribution in [2.24, 2.45) is 5.92 Å². The lowest BCUT2D eigenvalue weighted by Gasteiger charge is -2.09. The number of H-pyrrole nitrogens is 1. The number of nitrogens with zero attached hydrogens (tertiary/aromatic N) is 1. The Morgan fingerprint density at radius 3 is 2.75 bits per heavy atom. The van der Waals surface area contributed by atoms with Crippen molar-refractivity contribution in [3.8, 4) is 0 Å². The van der Waals surface area contributed by atoms with Crippen molar-refractivity contribution in [2.45, 2.75) is 19.8 Å². The predicted molar refractivity (Wildman–Crippen MR) is 44.8 cm³/mol. The number of nitrogens with one attached hydrogen (secondary N) is 1. The van der Waals surface area contributed by atoms with Crippen molar-refractivity contribution in [3.63, 3.8) is 0 Å². The van der Waals surface area contributed by atoms with Gasteiger partial charge in [-0.1, -0.05) is 6.92 Å². The van der Waals surface area contributed by atoms with E-state index in [9.17, 15) is 4.79 Å². The van der Waals surface area contributed by atoms with Gasteiger partial charge in [0.05, 0.1) is 6.33 Å². The molecule has 3 N–H and O–H groups in total. The van der Waals surface area contributed by atoms with Crippen molar-refractivity contribution in [1.82, 2.24) is 9.97 Å². The smallest absolute Gasteiger partial charge is 0.519 e. The van der Waals surface area contributed by atoms with Crippen LogP contribution in [0.3, 0.4) is 0 Å². The minimum Gasteiger partial charge on any atom is -0.565 e. The van der Waals surface area contributed by atoms with Crippen molar-refractivity contribution in [2.75, 3.05) is 0 Å². The Kier molecular flexibility index (Phi) is 2.47. The third-order valence-corrected chi connectivity index (χ3v) is 2.17. The molecule has 0 fully saturated rings. The minimum absolute atomic E-state index is 0.0394. The number of hydrogen-bond acceptors (Lipinski definition) is 2. The van der Waals surface area contributed by atoms with Gasteiger partial charge in [-0.25, -0.2) is 4.98 Å². The molecule has 1 aromatic heterocycles. The number of imidazole rings is 1. The summed E-state index contributed by atoms with van der Waals surface area (Å²) in [6.07, 6.45) is 3.26. The topological polar surface area (TPSA) is 68.7 Å². The van der Waals surface area contributed by atoms with E-state index in [2.05, 4.69) is 9.97 Å². The van der Waals surface area contributed by atoms with E-state index in [-0.39, 0.29) is 11.8 Å². The first kappa shape index (κ1) is 8.77. The fraction of sp³-hybridized carbons (Fsp3) is 0.500. The molecule has 0 aliphatic heterocycles. The maximum Gasteiger partial charge on any atom is 0.519 e. The lowest BCUT2D eigenvalue weighted by atomic mass is 9.94. The Bertz CT molecular complexity index is 256. The van der Waals surface area contributed by atoms with Crippen LogP contribution in [0.4, 0.5) is 0 Å². The van der Waals surface area contributed by atoms with E-state index >= 15 is 0 Å². The van der Waals surface area contributed by atoms with Crippen molar-refractivity contribution < 1.29 is 9.90 Å². The van der Waals surface area contributed by atoms with Crippen LogP contribution in [0.2, 0.25) is 0 Å². The Balaban J connectivity index is 2.71. The molecule has 0 aliphatic rings. The largest absolute Gasteiger partial charge is 0.565 e. The molecule has 66 valence electrons. The molecular formula is C8H13N2O2+. The molecule has 1 aromatic rings. The van der Waals surface area contributed by atoms with Crippen LogP contribution in [0.1, 0.15) is 25.5 Å². The van der Waals surface area contributed by atoms with E-state index in [0.717, 1.165) is 5.69 Å². The van der Waals surface area contributed by atoms with Gasteiger partial charge < -0.3 is 10.1 Å². The summed E-state index contributed by atoms with van der Waals surface area (Å²) in [5, 5.41) is 6.94. The van der Waals surface area contributed by atoms with E-state index in [1.54, 1.807) is 19.4 Å². The molecular weight excluding hydrogens is 156 g/mol. The van der Waals surface area contributed by atoms with E-state index in [0.29, 0.717) is 0 Å². The standard InChI is InChI=1S/C8H12N2O2/c1-5(6(2)8(11)12)7-3-9-4-10-7/h3-6H,1-2H3,(H,9,10)(H,11,12)/p+1. The monoisotopic (exact) mass is 169 g/mol. The van der Waals surface area contributed by atoms with Gasteiger partial charge in [0.25, 0.3) is 0 Å². The molecule has 4 nitrogen and oxygen atoms in total. The van der Waals surface area contributed by atoms with Crippen LogP contribution < -0.4 is 0 Å². The summed E-state index contributed by atoms with van der Waals surface area (Å²) < 4.78 is 0. The zero-order chi connectivity index (χ0) is 9.14. The highest BCUT2D eigenvalue weighted by Crippen LogP contribution is 2.21. The van der Waals surface area contributed by atoms with Crippen molar-refractivity contribution in [1.29, 1.82) is 0 Å². The van der Waals surface area contributed by atoms with Gasteiger partial charge in [0.15, 0.2) is 0 Å². The molecule has 0 aromatic carbocycles. The van der Waals surface area contributed by atoms with Crippen LogP contribution in [0.15, 0.2) is 12.5 Å². The van der Waals surface area contributed by atoms with Gasteiger partial charge >= 0.3 is 5.97 Å². The number of hydrogen-bond donors (Lipinski definition) is 1. The fourth-order valence-electron chi connectivity index (χ4n) is 1.01. The first-order valence-corrected chi connectivity index (χ1v) is 3.86. The molecule has 0 saturated heterocycles. The lowest BCUT2D eigenvalue weighted by molar-refractivity contribution is -0.141. The van der Waals surface area contributed by atoms with E-state index in [1.807, 2.05) is 6.92 Å². The van der Waals surface area contributed by atoms with Gasteiger partial charge in [-0.2, -0.15) is 0 Å². The van der Waals surface area contributed by atoms with Crippen LogP contribution in [0.25, 0.3) is 0 Å². The van der Waals surface area contributed by atoms with E-state index < -0.39 is 5.97 Å². The van der Waals surface area contributed by atoms with Crippen LogP contribution in [0.5, 0.6) is 0 Å². The van der Waals surface area contributed by atoms with Crippen molar-refractivity contribution in [3.05, 3.63) is 18.2 Å². The summed E-state index contributed by atoms with van der Waals surface area (Å²) in [6, 6.07) is 0. The molecule has 4 heteroatoms. The second-order valence-electron chi connectivity index (χ2n) is 2.95. The minimum atomic E-state index is -0.530. The number of carbonyl (C=O) groups is 1. The maximum atomic E-state index is 10.7. The molecule has 2 unspecified atom stereocenters. The van der Waals surface area contributed by atoms with Gasteiger partial charge in [0.2, 0.25) is 0 Å². The molecule has 0 saturated carbocycles. The Hall–Kier alpha value is -1.32. The number of rotatable bonds is 3. The second kappa shape index (κ2) is 3.38. The second-order valence-corrected chi connectivity index (χ2v) is 2.95. The van der Waals surface area contributed by atoms with Gasteiger partial charge in [-0.05, 0) is 6.92 Å². The predicted octanol–water partition coefficient (Wildman–Crippen LogP) is 0.400. The highest BCUT2D eigenvalue weighted by Gasteiger charge is 2.27. The van der Waals surface area contributed by atoms with Gasteiger partial charge in [0.1, 0.15) is 5.92 Å². The quantitative estimate of drug-likeness (QED) is 0.665. The molecule has 2 atom stereocenters.